The molecule has 0 radical (unpaired) electrons. The normalized spacial score (nSPS) is 19.6. The Bertz CT molecular complexity index is 467. The highest BCUT2D eigenvalue weighted by Gasteiger charge is 2.20. The van der Waals surface area contributed by atoms with E-state index in [0.717, 1.165) is 36.3 Å². The minimum absolute atomic E-state index is 0.0959. The third-order valence-electron chi connectivity index (χ3n) is 3.76. The van der Waals surface area contributed by atoms with Gasteiger partial charge in [0, 0.05) is 13.2 Å². The number of carbonyl (C=O) groups excluding carboxylic acids is 1. The maximum absolute atomic E-state index is 12.0. The number of nitrogens with one attached hydrogen (secondary N) is 1. The predicted molar refractivity (Wildman–Crippen MR) is 78.0 cm³/mol. The van der Waals surface area contributed by atoms with Gasteiger partial charge in [-0.15, -0.1) is 0 Å². The Morgan fingerprint density at radius 2 is 2.30 bits per heavy atom. The smallest absolute Gasteiger partial charge is 0.260 e. The van der Waals surface area contributed by atoms with E-state index in [0.29, 0.717) is 6.54 Å². The Hall–Kier alpha value is -1.55. The minimum atomic E-state index is -0.503. The maximum atomic E-state index is 12.0. The van der Waals surface area contributed by atoms with Crippen LogP contribution in [0, 0.1) is 13.8 Å². The van der Waals surface area contributed by atoms with Crippen LogP contribution in [0.1, 0.15) is 30.9 Å². The summed E-state index contributed by atoms with van der Waals surface area (Å²) < 4.78 is 11.2. The zero-order valence-corrected chi connectivity index (χ0v) is 12.4. The molecule has 1 aromatic rings. The average molecular weight is 277 g/mol. The second-order valence-corrected chi connectivity index (χ2v) is 5.34. The molecule has 0 unspecified atom stereocenters. The summed E-state index contributed by atoms with van der Waals surface area (Å²) in [4.78, 5) is 12.0. The lowest BCUT2D eigenvalue weighted by atomic mass is 10.1. The van der Waals surface area contributed by atoms with Crippen LogP contribution in [-0.4, -0.2) is 31.3 Å². The van der Waals surface area contributed by atoms with Crippen LogP contribution < -0.4 is 10.1 Å². The molecular formula is C16H23NO3. The first kappa shape index (κ1) is 14.9. The van der Waals surface area contributed by atoms with Crippen LogP contribution in [0.5, 0.6) is 5.75 Å². The van der Waals surface area contributed by atoms with Crippen molar-refractivity contribution in [1.29, 1.82) is 0 Å². The Morgan fingerprint density at radius 3 is 3.00 bits per heavy atom. The number of rotatable bonds is 5. The molecule has 0 aromatic heterocycles. The second-order valence-electron chi connectivity index (χ2n) is 5.34. The van der Waals surface area contributed by atoms with Gasteiger partial charge in [0.1, 0.15) is 5.75 Å². The Kier molecular flexibility index (Phi) is 5.01. The van der Waals surface area contributed by atoms with E-state index in [-0.39, 0.29) is 12.0 Å². The van der Waals surface area contributed by atoms with Crippen LogP contribution in [-0.2, 0) is 9.53 Å². The van der Waals surface area contributed by atoms with Crippen molar-refractivity contribution in [3.63, 3.8) is 0 Å². The number of benzene rings is 1. The van der Waals surface area contributed by atoms with Crippen molar-refractivity contribution in [2.75, 3.05) is 13.2 Å². The molecule has 20 heavy (non-hydrogen) atoms. The van der Waals surface area contributed by atoms with E-state index in [9.17, 15) is 4.79 Å². The molecular weight excluding hydrogens is 254 g/mol. The van der Waals surface area contributed by atoms with Gasteiger partial charge in [-0.25, -0.2) is 0 Å². The third-order valence-corrected chi connectivity index (χ3v) is 3.76. The molecule has 1 aliphatic rings. The lowest BCUT2D eigenvalue weighted by molar-refractivity contribution is -0.127. The number of hydrogen-bond acceptors (Lipinski definition) is 3. The van der Waals surface area contributed by atoms with Crippen LogP contribution in [0.25, 0.3) is 0 Å². The van der Waals surface area contributed by atoms with E-state index < -0.39 is 6.10 Å². The van der Waals surface area contributed by atoms with E-state index in [1.165, 1.54) is 0 Å². The van der Waals surface area contributed by atoms with Crippen molar-refractivity contribution in [3.8, 4) is 5.75 Å². The van der Waals surface area contributed by atoms with Gasteiger partial charge in [0.15, 0.2) is 6.10 Å². The Morgan fingerprint density at radius 1 is 1.50 bits per heavy atom. The largest absolute Gasteiger partial charge is 0.481 e. The van der Waals surface area contributed by atoms with E-state index in [1.54, 1.807) is 6.92 Å². The van der Waals surface area contributed by atoms with Crippen LogP contribution in [0.4, 0.5) is 0 Å². The molecule has 2 atom stereocenters. The molecule has 110 valence electrons. The van der Waals surface area contributed by atoms with Crippen molar-refractivity contribution in [3.05, 3.63) is 29.3 Å². The number of carbonyl (C=O) groups is 1. The zero-order valence-electron chi connectivity index (χ0n) is 12.4. The molecule has 1 aromatic carbocycles. The van der Waals surface area contributed by atoms with E-state index in [4.69, 9.17) is 9.47 Å². The molecule has 1 aliphatic heterocycles. The second kappa shape index (κ2) is 6.75. The lowest BCUT2D eigenvalue weighted by Gasteiger charge is -2.18. The van der Waals surface area contributed by atoms with Crippen LogP contribution >= 0.6 is 0 Å². The van der Waals surface area contributed by atoms with E-state index in [2.05, 4.69) is 5.32 Å². The molecule has 0 aliphatic carbocycles. The monoisotopic (exact) mass is 277 g/mol. The van der Waals surface area contributed by atoms with Gasteiger partial charge in [0.05, 0.1) is 6.10 Å². The predicted octanol–water partition coefficient (Wildman–Crippen LogP) is 2.37. The number of amides is 1. The van der Waals surface area contributed by atoms with Gasteiger partial charge in [-0.3, -0.25) is 4.79 Å². The van der Waals surface area contributed by atoms with Gasteiger partial charge >= 0.3 is 0 Å². The fourth-order valence-electron chi connectivity index (χ4n) is 2.26. The SMILES string of the molecule is Cc1cccc(O[C@H](C)C(=O)NC[C@H]2CCCO2)c1C. The molecule has 0 saturated carbocycles. The van der Waals surface area contributed by atoms with E-state index >= 15 is 0 Å². The molecule has 2 rings (SSSR count). The summed E-state index contributed by atoms with van der Waals surface area (Å²) >= 11 is 0. The Balaban J connectivity index is 1.85. The first-order valence-electron chi connectivity index (χ1n) is 7.20. The number of aryl methyl sites for hydroxylation is 1. The average Bonchev–Trinajstić information content (AvgIpc) is 2.94. The summed E-state index contributed by atoms with van der Waals surface area (Å²) in [6.45, 7) is 7.17. The highest BCUT2D eigenvalue weighted by Crippen LogP contribution is 2.21. The molecule has 1 amide bonds. The summed E-state index contributed by atoms with van der Waals surface area (Å²) in [7, 11) is 0. The third kappa shape index (κ3) is 3.73. The van der Waals surface area contributed by atoms with Gasteiger partial charge in [-0.1, -0.05) is 12.1 Å². The molecule has 1 saturated heterocycles. The first-order valence-corrected chi connectivity index (χ1v) is 7.20. The summed E-state index contributed by atoms with van der Waals surface area (Å²) in [5.74, 6) is 0.672. The van der Waals surface area contributed by atoms with Crippen molar-refractivity contribution in [2.45, 2.75) is 45.8 Å². The van der Waals surface area contributed by atoms with E-state index in [1.807, 2.05) is 32.0 Å². The summed E-state index contributed by atoms with van der Waals surface area (Å²) in [6.07, 6.45) is 1.76. The molecule has 1 heterocycles. The van der Waals surface area contributed by atoms with Crippen molar-refractivity contribution < 1.29 is 14.3 Å². The van der Waals surface area contributed by atoms with Gasteiger partial charge in [0.25, 0.3) is 5.91 Å². The number of ether oxygens (including phenoxy) is 2. The fraction of sp³-hybridized carbons (Fsp3) is 0.562. The minimum Gasteiger partial charge on any atom is -0.481 e. The molecule has 0 bridgehead atoms. The quantitative estimate of drug-likeness (QED) is 0.899. The maximum Gasteiger partial charge on any atom is 0.260 e. The summed E-state index contributed by atoms with van der Waals surface area (Å²) in [5, 5.41) is 2.89. The van der Waals surface area contributed by atoms with Crippen molar-refractivity contribution >= 4 is 5.91 Å². The van der Waals surface area contributed by atoms with Gasteiger partial charge < -0.3 is 14.8 Å². The summed E-state index contributed by atoms with van der Waals surface area (Å²) in [6, 6.07) is 5.87. The topological polar surface area (TPSA) is 47.6 Å². The fourth-order valence-corrected chi connectivity index (χ4v) is 2.26. The molecule has 4 heteroatoms. The van der Waals surface area contributed by atoms with Gasteiger partial charge in [-0.2, -0.15) is 0 Å². The first-order chi connectivity index (χ1) is 9.58. The lowest BCUT2D eigenvalue weighted by Crippen LogP contribution is -2.40. The van der Waals surface area contributed by atoms with Crippen molar-refractivity contribution in [2.24, 2.45) is 0 Å². The molecule has 1 fully saturated rings. The summed E-state index contributed by atoms with van der Waals surface area (Å²) in [5.41, 5.74) is 2.24. The standard InChI is InChI=1S/C16H23NO3/c1-11-6-4-8-15(12(11)2)20-13(3)16(18)17-10-14-7-5-9-19-14/h4,6,8,13-14H,5,7,9-10H2,1-3H3,(H,17,18)/t13-,14-/m1/s1. The van der Waals surface area contributed by atoms with Crippen molar-refractivity contribution in [1.82, 2.24) is 5.32 Å². The number of hydrogen-bond donors (Lipinski definition) is 1. The van der Waals surface area contributed by atoms with Gasteiger partial charge in [0.2, 0.25) is 0 Å². The van der Waals surface area contributed by atoms with Gasteiger partial charge in [-0.05, 0) is 50.8 Å². The Labute approximate surface area is 120 Å². The molecule has 1 N–H and O–H groups in total. The van der Waals surface area contributed by atoms with Crippen LogP contribution in [0.3, 0.4) is 0 Å². The van der Waals surface area contributed by atoms with Crippen LogP contribution in [0.15, 0.2) is 18.2 Å². The highest BCUT2D eigenvalue weighted by molar-refractivity contribution is 5.80. The molecule has 0 spiro atoms. The highest BCUT2D eigenvalue weighted by atomic mass is 16.5. The zero-order chi connectivity index (χ0) is 14.5. The van der Waals surface area contributed by atoms with Crippen LogP contribution in [0.2, 0.25) is 0 Å². The molecule has 4 nitrogen and oxygen atoms in total.